The molecular formula is C4H10N2O2S. The third-order valence-electron chi connectivity index (χ3n) is 0.750. The van der Waals surface area contributed by atoms with E-state index in [1.54, 1.807) is 6.26 Å². The van der Waals surface area contributed by atoms with Crippen LogP contribution in [0.2, 0.25) is 0 Å². The van der Waals surface area contributed by atoms with Crippen molar-refractivity contribution in [2.75, 3.05) is 19.4 Å². The molecule has 3 N–H and O–H groups in total. The molecule has 0 aliphatic rings. The third kappa shape index (κ3) is 3.34. The molecule has 0 unspecified atom stereocenters. The summed E-state index contributed by atoms with van der Waals surface area (Å²) in [4.78, 5) is 10.6. The molecule has 5 heteroatoms. The van der Waals surface area contributed by atoms with E-state index in [0.29, 0.717) is 0 Å². The van der Waals surface area contributed by atoms with Gasteiger partial charge >= 0.3 is 0 Å². The van der Waals surface area contributed by atoms with Crippen molar-refractivity contribution < 1.29 is 9.90 Å². The lowest BCUT2D eigenvalue weighted by Crippen LogP contribution is -2.36. The lowest BCUT2D eigenvalue weighted by Gasteiger charge is -2.11. The van der Waals surface area contributed by atoms with Gasteiger partial charge in [0.05, 0.1) is 13.2 Å². The van der Waals surface area contributed by atoms with Gasteiger partial charge in [-0.1, -0.05) is 11.8 Å². The number of nitrogens with zero attached hydrogens (tertiary/aromatic N) is 1. The van der Waals surface area contributed by atoms with Crippen LogP contribution in [-0.4, -0.2) is 34.8 Å². The Bertz CT molecular complexity index is 98.6. The summed E-state index contributed by atoms with van der Waals surface area (Å²) < 4.78 is 0. The van der Waals surface area contributed by atoms with Crippen molar-refractivity contribution in [3.05, 3.63) is 0 Å². The van der Waals surface area contributed by atoms with Crippen LogP contribution in [0.5, 0.6) is 0 Å². The van der Waals surface area contributed by atoms with Crippen molar-refractivity contribution in [1.82, 2.24) is 5.01 Å². The first-order valence-corrected chi connectivity index (χ1v) is 3.66. The van der Waals surface area contributed by atoms with Crippen LogP contribution in [0, 0.1) is 0 Å². The van der Waals surface area contributed by atoms with Crippen LogP contribution in [0.3, 0.4) is 0 Å². The Morgan fingerprint density at radius 2 is 2.44 bits per heavy atom. The SMILES string of the molecule is CSC(=O)N(N)CCO. The Morgan fingerprint density at radius 1 is 1.89 bits per heavy atom. The topological polar surface area (TPSA) is 66.6 Å². The van der Waals surface area contributed by atoms with Gasteiger partial charge in [0, 0.05) is 0 Å². The van der Waals surface area contributed by atoms with E-state index >= 15 is 0 Å². The minimum atomic E-state index is -0.232. The molecule has 1 amide bonds. The Labute approximate surface area is 58.0 Å². The van der Waals surface area contributed by atoms with E-state index in [0.717, 1.165) is 16.8 Å². The van der Waals surface area contributed by atoms with E-state index < -0.39 is 0 Å². The maximum atomic E-state index is 10.6. The molecule has 0 spiro atoms. The van der Waals surface area contributed by atoms with Crippen molar-refractivity contribution in [3.8, 4) is 0 Å². The largest absolute Gasteiger partial charge is 0.394 e. The number of carbonyl (C=O) groups excluding carboxylic acids is 1. The molecule has 0 fully saturated rings. The lowest BCUT2D eigenvalue weighted by atomic mass is 10.7. The molecule has 54 valence electrons. The second-order valence-corrected chi connectivity index (χ2v) is 2.14. The summed E-state index contributed by atoms with van der Waals surface area (Å²) in [5.74, 6) is 5.14. The molecule has 0 bridgehead atoms. The molecule has 0 heterocycles. The fourth-order valence-electron chi connectivity index (χ4n) is 0.316. The highest BCUT2D eigenvalue weighted by Crippen LogP contribution is 1.97. The summed E-state index contributed by atoms with van der Waals surface area (Å²) in [6, 6.07) is 0. The molecule has 0 saturated heterocycles. The Kier molecular flexibility index (Phi) is 4.47. The number of hydrazine groups is 1. The number of carbonyl (C=O) groups is 1. The van der Waals surface area contributed by atoms with Gasteiger partial charge in [0.15, 0.2) is 0 Å². The van der Waals surface area contributed by atoms with Crippen LogP contribution in [0.15, 0.2) is 0 Å². The molecule has 0 radical (unpaired) electrons. The average molecular weight is 150 g/mol. The zero-order chi connectivity index (χ0) is 7.28. The van der Waals surface area contributed by atoms with Gasteiger partial charge < -0.3 is 5.11 Å². The van der Waals surface area contributed by atoms with Crippen LogP contribution >= 0.6 is 11.8 Å². The first-order chi connectivity index (χ1) is 4.22. The smallest absolute Gasteiger partial charge is 0.295 e. The molecule has 0 aromatic rings. The number of aliphatic hydroxyl groups excluding tert-OH is 1. The summed E-state index contributed by atoms with van der Waals surface area (Å²) in [6.07, 6.45) is 1.64. The lowest BCUT2D eigenvalue weighted by molar-refractivity contribution is 0.199. The van der Waals surface area contributed by atoms with Crippen LogP contribution in [-0.2, 0) is 0 Å². The molecule has 0 aliphatic heterocycles. The molecule has 0 rings (SSSR count). The molecule has 0 saturated carbocycles. The normalized spacial score (nSPS) is 9.22. The van der Waals surface area contributed by atoms with Crippen molar-refractivity contribution >= 4 is 17.0 Å². The summed E-state index contributed by atoms with van der Waals surface area (Å²) in [7, 11) is 0. The van der Waals surface area contributed by atoms with E-state index in [4.69, 9.17) is 10.9 Å². The van der Waals surface area contributed by atoms with E-state index in [1.165, 1.54) is 0 Å². The highest BCUT2D eigenvalue weighted by molar-refractivity contribution is 8.12. The quantitative estimate of drug-likeness (QED) is 0.320. The van der Waals surface area contributed by atoms with Crippen LogP contribution < -0.4 is 5.84 Å². The minimum absolute atomic E-state index is 0.0944. The van der Waals surface area contributed by atoms with Crippen molar-refractivity contribution in [2.24, 2.45) is 5.84 Å². The Hall–Kier alpha value is -0.260. The predicted octanol–water partition coefficient (Wildman–Crippen LogP) is -0.363. The molecule has 0 aromatic heterocycles. The molecular weight excluding hydrogens is 140 g/mol. The monoisotopic (exact) mass is 150 g/mol. The predicted molar refractivity (Wildman–Crippen MR) is 36.9 cm³/mol. The van der Waals surface area contributed by atoms with Crippen LogP contribution in [0.25, 0.3) is 0 Å². The highest BCUT2D eigenvalue weighted by Gasteiger charge is 2.04. The van der Waals surface area contributed by atoms with Gasteiger partial charge in [-0.15, -0.1) is 0 Å². The van der Waals surface area contributed by atoms with E-state index in [2.05, 4.69) is 0 Å². The summed E-state index contributed by atoms with van der Waals surface area (Å²) in [5.41, 5.74) is 0. The molecule has 9 heavy (non-hydrogen) atoms. The van der Waals surface area contributed by atoms with Crippen molar-refractivity contribution in [1.29, 1.82) is 0 Å². The minimum Gasteiger partial charge on any atom is -0.394 e. The van der Waals surface area contributed by atoms with E-state index in [1.807, 2.05) is 0 Å². The second kappa shape index (κ2) is 4.60. The maximum Gasteiger partial charge on any atom is 0.295 e. The Morgan fingerprint density at radius 3 is 2.78 bits per heavy atom. The first kappa shape index (κ1) is 8.74. The van der Waals surface area contributed by atoms with Gasteiger partial charge in [-0.3, -0.25) is 9.80 Å². The number of hydrogen-bond acceptors (Lipinski definition) is 4. The summed E-state index contributed by atoms with van der Waals surface area (Å²) in [6.45, 7) is 0.0997. The van der Waals surface area contributed by atoms with Crippen LogP contribution in [0.4, 0.5) is 4.79 Å². The Balaban J connectivity index is 3.45. The van der Waals surface area contributed by atoms with E-state index in [-0.39, 0.29) is 18.4 Å². The summed E-state index contributed by atoms with van der Waals surface area (Å²) in [5, 5.41) is 9.04. The number of aliphatic hydroxyl groups is 1. The standard InChI is InChI=1S/C4H10N2O2S/c1-9-4(8)6(5)2-3-7/h7H,2-3,5H2,1H3. The molecule has 4 nitrogen and oxygen atoms in total. The zero-order valence-electron chi connectivity index (χ0n) is 5.20. The zero-order valence-corrected chi connectivity index (χ0v) is 6.02. The highest BCUT2D eigenvalue weighted by atomic mass is 32.2. The van der Waals surface area contributed by atoms with Gasteiger partial charge in [0.2, 0.25) is 0 Å². The number of rotatable bonds is 2. The number of hydrogen-bond donors (Lipinski definition) is 2. The number of amides is 1. The van der Waals surface area contributed by atoms with Gasteiger partial charge in [-0.05, 0) is 6.26 Å². The molecule has 0 aromatic carbocycles. The number of thioether (sulfide) groups is 1. The maximum absolute atomic E-state index is 10.6. The first-order valence-electron chi connectivity index (χ1n) is 2.43. The van der Waals surface area contributed by atoms with Gasteiger partial charge in [0.25, 0.3) is 5.24 Å². The van der Waals surface area contributed by atoms with Gasteiger partial charge in [-0.25, -0.2) is 5.84 Å². The van der Waals surface area contributed by atoms with Crippen LogP contribution in [0.1, 0.15) is 0 Å². The van der Waals surface area contributed by atoms with E-state index in [9.17, 15) is 4.79 Å². The fourth-order valence-corrected chi connectivity index (χ4v) is 0.642. The fraction of sp³-hybridized carbons (Fsp3) is 0.750. The number of nitrogens with two attached hydrogens (primary N) is 1. The third-order valence-corrected chi connectivity index (χ3v) is 1.33. The molecule has 0 aliphatic carbocycles. The van der Waals surface area contributed by atoms with Gasteiger partial charge in [0.1, 0.15) is 0 Å². The van der Waals surface area contributed by atoms with Crippen molar-refractivity contribution in [2.45, 2.75) is 0 Å². The van der Waals surface area contributed by atoms with Crippen molar-refractivity contribution in [3.63, 3.8) is 0 Å². The summed E-state index contributed by atoms with van der Waals surface area (Å²) >= 11 is 1.02. The second-order valence-electron chi connectivity index (χ2n) is 1.39. The van der Waals surface area contributed by atoms with Gasteiger partial charge in [-0.2, -0.15) is 0 Å². The average Bonchev–Trinajstić information content (AvgIpc) is 1.87. The molecule has 0 atom stereocenters.